The molecular formula is C16H28ClIN4O. The van der Waals surface area contributed by atoms with Gasteiger partial charge in [-0.15, -0.1) is 24.0 Å². The van der Waals surface area contributed by atoms with Crippen molar-refractivity contribution in [2.24, 2.45) is 10.9 Å². The number of halogens is 2. The van der Waals surface area contributed by atoms with Crippen LogP contribution in [0.2, 0.25) is 5.15 Å². The van der Waals surface area contributed by atoms with Gasteiger partial charge < -0.3 is 15.4 Å². The van der Waals surface area contributed by atoms with E-state index in [1.165, 1.54) is 0 Å². The molecule has 1 heterocycles. The molecule has 0 aliphatic carbocycles. The smallest absolute Gasteiger partial charge is 0.191 e. The Hall–Kier alpha value is -0.600. The number of rotatable bonds is 9. The van der Waals surface area contributed by atoms with E-state index in [9.17, 15) is 0 Å². The van der Waals surface area contributed by atoms with Crippen molar-refractivity contribution in [3.8, 4) is 0 Å². The zero-order chi connectivity index (χ0) is 16.2. The maximum Gasteiger partial charge on any atom is 0.191 e. The van der Waals surface area contributed by atoms with Gasteiger partial charge in [-0.05, 0) is 30.9 Å². The number of guanidine groups is 1. The summed E-state index contributed by atoms with van der Waals surface area (Å²) in [5.74, 6) is 1.38. The Morgan fingerprint density at radius 3 is 2.74 bits per heavy atom. The molecule has 0 aromatic carbocycles. The molecule has 0 unspecified atom stereocenters. The Labute approximate surface area is 161 Å². The van der Waals surface area contributed by atoms with Gasteiger partial charge in [0.05, 0.1) is 13.2 Å². The van der Waals surface area contributed by atoms with Crippen LogP contribution in [0.3, 0.4) is 0 Å². The molecule has 0 aliphatic heterocycles. The molecule has 1 aromatic heterocycles. The molecule has 132 valence electrons. The molecule has 23 heavy (non-hydrogen) atoms. The fraction of sp³-hybridized carbons (Fsp3) is 0.625. The van der Waals surface area contributed by atoms with E-state index >= 15 is 0 Å². The molecule has 0 fully saturated rings. The maximum atomic E-state index is 5.77. The zero-order valence-electron chi connectivity index (χ0n) is 14.1. The van der Waals surface area contributed by atoms with Gasteiger partial charge in [0.15, 0.2) is 5.96 Å². The number of hydrogen-bond acceptors (Lipinski definition) is 3. The largest absolute Gasteiger partial charge is 0.379 e. The van der Waals surface area contributed by atoms with Gasteiger partial charge >= 0.3 is 0 Å². The number of ether oxygens (including phenoxy) is 1. The van der Waals surface area contributed by atoms with E-state index in [-0.39, 0.29) is 24.0 Å². The van der Waals surface area contributed by atoms with E-state index < -0.39 is 0 Å². The summed E-state index contributed by atoms with van der Waals surface area (Å²) in [6.45, 7) is 10.0. The van der Waals surface area contributed by atoms with Crippen LogP contribution in [0.4, 0.5) is 0 Å². The zero-order valence-corrected chi connectivity index (χ0v) is 17.2. The molecule has 0 saturated carbocycles. The van der Waals surface area contributed by atoms with Gasteiger partial charge in [-0.1, -0.05) is 31.5 Å². The second-order valence-corrected chi connectivity index (χ2v) is 5.78. The Balaban J connectivity index is 0.00000484. The molecule has 0 radical (unpaired) electrons. The van der Waals surface area contributed by atoms with Crippen molar-refractivity contribution in [2.45, 2.75) is 27.2 Å². The van der Waals surface area contributed by atoms with Crippen LogP contribution in [-0.2, 0) is 11.2 Å². The van der Waals surface area contributed by atoms with Crippen LogP contribution in [-0.4, -0.2) is 43.8 Å². The van der Waals surface area contributed by atoms with Gasteiger partial charge in [0, 0.05) is 25.9 Å². The summed E-state index contributed by atoms with van der Waals surface area (Å²) in [6.07, 6.45) is 2.67. The number of aliphatic imine (C=N–C) groups is 1. The lowest BCUT2D eigenvalue weighted by molar-refractivity contribution is 0.117. The van der Waals surface area contributed by atoms with Gasteiger partial charge in [-0.3, -0.25) is 4.99 Å². The van der Waals surface area contributed by atoms with Crippen LogP contribution in [0.15, 0.2) is 23.3 Å². The highest BCUT2D eigenvalue weighted by Gasteiger charge is 1.99. The first-order chi connectivity index (χ1) is 10.6. The van der Waals surface area contributed by atoms with Gasteiger partial charge in [-0.25, -0.2) is 4.98 Å². The van der Waals surface area contributed by atoms with Crippen molar-refractivity contribution in [2.75, 3.05) is 32.8 Å². The van der Waals surface area contributed by atoms with Gasteiger partial charge in [0.2, 0.25) is 0 Å². The fourth-order valence-electron chi connectivity index (χ4n) is 1.76. The molecular weight excluding hydrogens is 427 g/mol. The van der Waals surface area contributed by atoms with E-state index in [1.807, 2.05) is 12.1 Å². The van der Waals surface area contributed by atoms with Gasteiger partial charge in [0.25, 0.3) is 0 Å². The van der Waals surface area contributed by atoms with Crippen molar-refractivity contribution in [1.82, 2.24) is 15.6 Å². The van der Waals surface area contributed by atoms with Crippen molar-refractivity contribution >= 4 is 41.5 Å². The predicted octanol–water partition coefficient (Wildman–Crippen LogP) is 3.12. The first kappa shape index (κ1) is 22.4. The van der Waals surface area contributed by atoms with Crippen LogP contribution in [0, 0.1) is 5.92 Å². The van der Waals surface area contributed by atoms with Crippen molar-refractivity contribution < 1.29 is 4.74 Å². The maximum absolute atomic E-state index is 5.77. The number of nitrogens with one attached hydrogen (secondary N) is 2. The Kier molecular flexibility index (Phi) is 13.4. The molecule has 0 saturated heterocycles. The summed E-state index contributed by atoms with van der Waals surface area (Å²) >= 11 is 5.77. The van der Waals surface area contributed by atoms with Crippen LogP contribution >= 0.6 is 35.6 Å². The number of nitrogens with zero attached hydrogens (tertiary/aromatic N) is 2. The SMILES string of the molecule is CCNC(=NCCOCC(C)C)NCCc1ccc(Cl)nc1.I. The highest BCUT2D eigenvalue weighted by molar-refractivity contribution is 14.0. The Morgan fingerprint density at radius 2 is 2.13 bits per heavy atom. The lowest BCUT2D eigenvalue weighted by Gasteiger charge is -2.11. The molecule has 7 heteroatoms. The summed E-state index contributed by atoms with van der Waals surface area (Å²) in [5.41, 5.74) is 1.15. The Morgan fingerprint density at radius 1 is 1.35 bits per heavy atom. The molecule has 0 bridgehead atoms. The van der Waals surface area contributed by atoms with Gasteiger partial charge in [-0.2, -0.15) is 0 Å². The molecule has 1 aromatic rings. The summed E-state index contributed by atoms with van der Waals surface area (Å²) in [7, 11) is 0. The highest BCUT2D eigenvalue weighted by Crippen LogP contribution is 2.05. The summed E-state index contributed by atoms with van der Waals surface area (Å²) in [6, 6.07) is 3.79. The average molecular weight is 455 g/mol. The van der Waals surface area contributed by atoms with Crippen LogP contribution < -0.4 is 10.6 Å². The van der Waals surface area contributed by atoms with E-state index in [1.54, 1.807) is 6.20 Å². The molecule has 1 rings (SSSR count). The second-order valence-electron chi connectivity index (χ2n) is 5.40. The minimum Gasteiger partial charge on any atom is -0.379 e. The minimum atomic E-state index is 0. The Bertz CT molecular complexity index is 440. The normalized spacial score (nSPS) is 11.3. The van der Waals surface area contributed by atoms with Crippen molar-refractivity contribution in [1.29, 1.82) is 0 Å². The lowest BCUT2D eigenvalue weighted by atomic mass is 10.2. The first-order valence-electron chi connectivity index (χ1n) is 7.82. The summed E-state index contributed by atoms with van der Waals surface area (Å²) in [4.78, 5) is 8.56. The number of aromatic nitrogens is 1. The lowest BCUT2D eigenvalue weighted by Crippen LogP contribution is -2.38. The molecule has 0 aliphatic rings. The third kappa shape index (κ3) is 11.6. The van der Waals surface area contributed by atoms with Crippen LogP contribution in [0.1, 0.15) is 26.3 Å². The van der Waals surface area contributed by atoms with E-state index in [2.05, 4.69) is 41.4 Å². The molecule has 0 atom stereocenters. The molecule has 0 amide bonds. The van der Waals surface area contributed by atoms with Gasteiger partial charge in [0.1, 0.15) is 5.15 Å². The minimum absolute atomic E-state index is 0. The number of hydrogen-bond donors (Lipinski definition) is 2. The average Bonchev–Trinajstić information content (AvgIpc) is 2.48. The predicted molar refractivity (Wildman–Crippen MR) is 108 cm³/mol. The quantitative estimate of drug-likeness (QED) is 0.198. The van der Waals surface area contributed by atoms with E-state index in [0.717, 1.165) is 37.6 Å². The third-order valence-electron chi connectivity index (χ3n) is 2.80. The fourth-order valence-corrected chi connectivity index (χ4v) is 1.87. The van der Waals surface area contributed by atoms with E-state index in [4.69, 9.17) is 16.3 Å². The summed E-state index contributed by atoms with van der Waals surface area (Å²) < 4.78 is 5.53. The third-order valence-corrected chi connectivity index (χ3v) is 3.02. The molecule has 0 spiro atoms. The number of pyridine rings is 1. The molecule has 5 nitrogen and oxygen atoms in total. The topological polar surface area (TPSA) is 58.5 Å². The molecule has 2 N–H and O–H groups in total. The van der Waals surface area contributed by atoms with Crippen molar-refractivity contribution in [3.63, 3.8) is 0 Å². The summed E-state index contributed by atoms with van der Waals surface area (Å²) in [5, 5.41) is 7.05. The monoisotopic (exact) mass is 454 g/mol. The highest BCUT2D eigenvalue weighted by atomic mass is 127. The standard InChI is InChI=1S/C16H27ClN4O.HI/c1-4-18-16(20-9-10-22-12-13(2)3)19-8-7-14-5-6-15(17)21-11-14;/h5-6,11,13H,4,7-10,12H2,1-3H3,(H2,18,19,20);1H. The first-order valence-corrected chi connectivity index (χ1v) is 8.20. The van der Waals surface area contributed by atoms with E-state index in [0.29, 0.717) is 24.2 Å². The van der Waals surface area contributed by atoms with Crippen LogP contribution in [0.5, 0.6) is 0 Å². The van der Waals surface area contributed by atoms with Crippen molar-refractivity contribution in [3.05, 3.63) is 29.0 Å². The van der Waals surface area contributed by atoms with Crippen LogP contribution in [0.25, 0.3) is 0 Å². The second kappa shape index (κ2) is 13.8.